The summed E-state index contributed by atoms with van der Waals surface area (Å²) in [5, 5.41) is 13.5. The number of para-hydroxylation sites is 1. The lowest BCUT2D eigenvalue weighted by atomic mass is 10.2. The standard InChI is InChI=1S/C22H17N5O5S2/c1-31-20(30)14-6-2-3-7-15(14)23-17(28)12-34-22-25-24-21-26(11-13-5-4-9-32-13)19(29)18-16(27(21)22)8-10-33-18/h2-10H,11-12H2,1H3,(H,23,28). The summed E-state index contributed by atoms with van der Waals surface area (Å²) in [5.74, 6) is 0.108. The molecule has 0 aliphatic carbocycles. The summed E-state index contributed by atoms with van der Waals surface area (Å²) < 4.78 is 14.0. The topological polar surface area (TPSA) is 121 Å². The van der Waals surface area contributed by atoms with E-state index in [-0.39, 0.29) is 29.3 Å². The summed E-state index contributed by atoms with van der Waals surface area (Å²) in [6.07, 6.45) is 1.54. The molecule has 0 unspecified atom stereocenters. The van der Waals surface area contributed by atoms with Crippen molar-refractivity contribution in [2.24, 2.45) is 0 Å². The Morgan fingerprint density at radius 3 is 2.82 bits per heavy atom. The SMILES string of the molecule is COC(=O)c1ccccc1NC(=O)CSc1nnc2n(Cc3ccco3)c(=O)c3sccc3n12. The molecule has 0 atom stereocenters. The number of amides is 1. The predicted octanol–water partition coefficient (Wildman–Crippen LogP) is 3.26. The zero-order valence-corrected chi connectivity index (χ0v) is 19.4. The number of ether oxygens (including phenoxy) is 1. The van der Waals surface area contributed by atoms with Crippen LogP contribution in [0.1, 0.15) is 16.1 Å². The number of anilines is 1. The van der Waals surface area contributed by atoms with Gasteiger partial charge >= 0.3 is 5.97 Å². The van der Waals surface area contributed by atoms with Crippen molar-refractivity contribution in [3.05, 3.63) is 75.8 Å². The Labute approximate surface area is 200 Å². The van der Waals surface area contributed by atoms with Crippen molar-refractivity contribution in [3.8, 4) is 0 Å². The van der Waals surface area contributed by atoms with Gasteiger partial charge in [-0.2, -0.15) is 0 Å². The summed E-state index contributed by atoms with van der Waals surface area (Å²) in [6, 6.07) is 12.0. The Balaban J connectivity index is 1.43. The van der Waals surface area contributed by atoms with Crippen LogP contribution in [0.3, 0.4) is 0 Å². The number of hydrogen-bond acceptors (Lipinski definition) is 9. The number of methoxy groups -OCH3 is 1. The molecule has 0 bridgehead atoms. The normalized spacial score (nSPS) is 11.2. The number of aromatic nitrogens is 4. The van der Waals surface area contributed by atoms with E-state index in [0.717, 1.165) is 0 Å². The second kappa shape index (κ2) is 9.15. The maximum atomic E-state index is 13.1. The first-order valence-electron chi connectivity index (χ1n) is 10.0. The third kappa shape index (κ3) is 3.97. The second-order valence-electron chi connectivity index (χ2n) is 7.10. The second-order valence-corrected chi connectivity index (χ2v) is 8.96. The summed E-state index contributed by atoms with van der Waals surface area (Å²) >= 11 is 2.50. The molecule has 1 aromatic carbocycles. The van der Waals surface area contributed by atoms with Crippen LogP contribution in [0.15, 0.2) is 68.5 Å². The number of benzene rings is 1. The van der Waals surface area contributed by atoms with E-state index in [2.05, 4.69) is 15.5 Å². The van der Waals surface area contributed by atoms with Crippen LogP contribution in [-0.4, -0.2) is 43.9 Å². The maximum absolute atomic E-state index is 13.1. The fourth-order valence-corrected chi connectivity index (χ4v) is 5.05. The highest BCUT2D eigenvalue weighted by Gasteiger charge is 2.20. The van der Waals surface area contributed by atoms with E-state index in [1.165, 1.54) is 34.8 Å². The van der Waals surface area contributed by atoms with Gasteiger partial charge in [0.05, 0.1) is 42.4 Å². The highest BCUT2D eigenvalue weighted by molar-refractivity contribution is 7.99. The van der Waals surface area contributed by atoms with Crippen LogP contribution >= 0.6 is 23.1 Å². The van der Waals surface area contributed by atoms with Crippen LogP contribution in [0.5, 0.6) is 0 Å². The molecule has 4 aromatic heterocycles. The summed E-state index contributed by atoms with van der Waals surface area (Å²) in [5.41, 5.74) is 1.11. The molecule has 1 amide bonds. The molecule has 0 aliphatic heterocycles. The molecule has 12 heteroatoms. The van der Waals surface area contributed by atoms with Crippen LogP contribution in [0.2, 0.25) is 0 Å². The van der Waals surface area contributed by atoms with E-state index in [1.54, 1.807) is 47.1 Å². The fraction of sp³-hybridized carbons (Fsp3) is 0.136. The molecule has 5 rings (SSSR count). The van der Waals surface area contributed by atoms with E-state index in [4.69, 9.17) is 9.15 Å². The average Bonchev–Trinajstić information content (AvgIpc) is 3.61. The van der Waals surface area contributed by atoms with Crippen molar-refractivity contribution < 1.29 is 18.7 Å². The summed E-state index contributed by atoms with van der Waals surface area (Å²) in [6.45, 7) is 0.205. The van der Waals surface area contributed by atoms with E-state index in [1.807, 2.05) is 11.4 Å². The Kier molecular flexibility index (Phi) is 5.90. The van der Waals surface area contributed by atoms with Gasteiger partial charge in [0.1, 0.15) is 10.5 Å². The fourth-order valence-electron chi connectivity index (χ4n) is 3.49. The zero-order chi connectivity index (χ0) is 23.7. The zero-order valence-electron chi connectivity index (χ0n) is 17.8. The van der Waals surface area contributed by atoms with Crippen molar-refractivity contribution in [1.82, 2.24) is 19.2 Å². The number of furan rings is 1. The van der Waals surface area contributed by atoms with E-state index in [0.29, 0.717) is 32.6 Å². The molecule has 0 saturated heterocycles. The Morgan fingerprint density at radius 2 is 2.03 bits per heavy atom. The molecule has 0 saturated carbocycles. The smallest absolute Gasteiger partial charge is 0.339 e. The average molecular weight is 496 g/mol. The monoisotopic (exact) mass is 495 g/mol. The maximum Gasteiger partial charge on any atom is 0.339 e. The van der Waals surface area contributed by atoms with Crippen LogP contribution in [0, 0.1) is 0 Å². The van der Waals surface area contributed by atoms with Gasteiger partial charge in [0.2, 0.25) is 11.7 Å². The molecule has 10 nitrogen and oxygen atoms in total. The number of thioether (sulfide) groups is 1. The quantitative estimate of drug-likeness (QED) is 0.270. The number of fused-ring (bicyclic) bond motifs is 3. The summed E-state index contributed by atoms with van der Waals surface area (Å²) in [4.78, 5) is 37.7. The van der Waals surface area contributed by atoms with Crippen LogP contribution in [-0.2, 0) is 16.1 Å². The lowest BCUT2D eigenvalue weighted by Gasteiger charge is -2.10. The first kappa shape index (κ1) is 21.9. The molecule has 1 N–H and O–H groups in total. The van der Waals surface area contributed by atoms with Gasteiger partial charge < -0.3 is 14.5 Å². The molecule has 172 valence electrons. The minimum absolute atomic E-state index is 0.0131. The van der Waals surface area contributed by atoms with E-state index in [9.17, 15) is 14.4 Å². The Bertz CT molecular complexity index is 1570. The van der Waals surface area contributed by atoms with Gasteiger partial charge in [0, 0.05) is 0 Å². The third-order valence-electron chi connectivity index (χ3n) is 5.02. The van der Waals surface area contributed by atoms with E-state index < -0.39 is 5.97 Å². The number of nitrogens with zero attached hydrogens (tertiary/aromatic N) is 4. The Morgan fingerprint density at radius 1 is 1.18 bits per heavy atom. The molecule has 4 heterocycles. The molecule has 34 heavy (non-hydrogen) atoms. The van der Waals surface area contributed by atoms with Gasteiger partial charge in [-0.3, -0.25) is 18.6 Å². The van der Waals surface area contributed by atoms with Crippen molar-refractivity contribution in [1.29, 1.82) is 0 Å². The van der Waals surface area contributed by atoms with Crippen molar-refractivity contribution in [2.45, 2.75) is 11.7 Å². The summed E-state index contributed by atoms with van der Waals surface area (Å²) in [7, 11) is 1.28. The minimum Gasteiger partial charge on any atom is -0.467 e. The van der Waals surface area contributed by atoms with Gasteiger partial charge in [-0.15, -0.1) is 21.5 Å². The molecular weight excluding hydrogens is 478 g/mol. The number of esters is 1. The lowest BCUT2D eigenvalue weighted by Crippen LogP contribution is -2.23. The largest absolute Gasteiger partial charge is 0.467 e. The number of carbonyl (C=O) groups is 2. The number of carbonyl (C=O) groups excluding carboxylic acids is 2. The molecule has 0 radical (unpaired) electrons. The molecular formula is C22H17N5O5S2. The van der Waals surface area contributed by atoms with Crippen molar-refractivity contribution >= 4 is 56.7 Å². The number of nitrogens with one attached hydrogen (secondary N) is 1. The first-order chi connectivity index (χ1) is 16.6. The van der Waals surface area contributed by atoms with Gasteiger partial charge in [0.15, 0.2) is 5.16 Å². The van der Waals surface area contributed by atoms with Crippen molar-refractivity contribution in [3.63, 3.8) is 0 Å². The molecule has 0 aliphatic rings. The highest BCUT2D eigenvalue weighted by atomic mass is 32.2. The number of hydrogen-bond donors (Lipinski definition) is 1. The van der Waals surface area contributed by atoms with Gasteiger partial charge in [-0.25, -0.2) is 4.79 Å². The van der Waals surface area contributed by atoms with Gasteiger partial charge in [0.25, 0.3) is 5.56 Å². The number of rotatable bonds is 7. The predicted molar refractivity (Wildman–Crippen MR) is 128 cm³/mol. The minimum atomic E-state index is -0.540. The number of thiophene rings is 1. The van der Waals surface area contributed by atoms with Crippen LogP contribution in [0.25, 0.3) is 16.0 Å². The van der Waals surface area contributed by atoms with Crippen LogP contribution < -0.4 is 10.9 Å². The van der Waals surface area contributed by atoms with Crippen molar-refractivity contribution in [2.75, 3.05) is 18.2 Å². The lowest BCUT2D eigenvalue weighted by molar-refractivity contribution is -0.113. The van der Waals surface area contributed by atoms with E-state index >= 15 is 0 Å². The molecule has 0 spiro atoms. The van der Waals surface area contributed by atoms with Gasteiger partial charge in [-0.05, 0) is 35.7 Å². The molecule has 0 fully saturated rings. The molecule has 5 aromatic rings. The highest BCUT2D eigenvalue weighted by Crippen LogP contribution is 2.25. The van der Waals surface area contributed by atoms with Crippen LogP contribution in [0.4, 0.5) is 5.69 Å². The van der Waals surface area contributed by atoms with Gasteiger partial charge in [-0.1, -0.05) is 23.9 Å². The Hall–Kier alpha value is -3.90. The third-order valence-corrected chi connectivity index (χ3v) is 6.84. The first-order valence-corrected chi connectivity index (χ1v) is 11.9.